The zero-order valence-corrected chi connectivity index (χ0v) is 21.1. The maximum absolute atomic E-state index is 12.9. The van der Waals surface area contributed by atoms with E-state index in [1.54, 1.807) is 7.05 Å². The molecule has 0 bridgehead atoms. The summed E-state index contributed by atoms with van der Waals surface area (Å²) in [6.45, 7) is 5.24. The van der Waals surface area contributed by atoms with Crippen molar-refractivity contribution in [3.8, 4) is 5.75 Å². The Kier molecular flexibility index (Phi) is 11.9. The van der Waals surface area contributed by atoms with Crippen LogP contribution in [0.25, 0.3) is 0 Å². The van der Waals surface area contributed by atoms with Gasteiger partial charge in [0.15, 0.2) is 5.96 Å². The summed E-state index contributed by atoms with van der Waals surface area (Å²) in [6.07, 6.45) is -3.22. The first kappa shape index (κ1) is 27.8. The summed E-state index contributed by atoms with van der Waals surface area (Å²) in [7, 11) is 5.77. The number of piperazine rings is 1. The Morgan fingerprint density at radius 1 is 1.16 bits per heavy atom. The molecule has 0 radical (unpaired) electrons. The van der Waals surface area contributed by atoms with Crippen molar-refractivity contribution in [1.29, 1.82) is 0 Å². The quantitative estimate of drug-likeness (QED) is 0.230. The minimum atomic E-state index is -4.19. The van der Waals surface area contributed by atoms with Crippen molar-refractivity contribution in [3.05, 3.63) is 29.8 Å². The second-order valence-corrected chi connectivity index (χ2v) is 7.79. The van der Waals surface area contributed by atoms with Crippen LogP contribution in [0.2, 0.25) is 0 Å². The van der Waals surface area contributed by atoms with Gasteiger partial charge in [0.1, 0.15) is 11.8 Å². The molecule has 1 aliphatic heterocycles. The maximum atomic E-state index is 12.9. The number of ether oxygens (including phenoxy) is 1. The Balaban J connectivity index is 0.00000480. The number of nitrogens with one attached hydrogen (secondary N) is 1. The second kappa shape index (κ2) is 13.3. The molecule has 1 unspecified atom stereocenters. The largest absolute Gasteiger partial charge is 0.494 e. The number of aliphatic imine (C=N–C) groups is 1. The Bertz CT molecular complexity index is 662. The van der Waals surface area contributed by atoms with Crippen molar-refractivity contribution < 1.29 is 17.9 Å². The van der Waals surface area contributed by atoms with E-state index in [0.717, 1.165) is 24.3 Å². The van der Waals surface area contributed by atoms with Crippen LogP contribution in [0.5, 0.6) is 5.75 Å². The van der Waals surface area contributed by atoms with Crippen molar-refractivity contribution in [2.24, 2.45) is 4.99 Å². The Morgan fingerprint density at radius 3 is 2.29 bits per heavy atom. The predicted molar refractivity (Wildman–Crippen MR) is 129 cm³/mol. The Morgan fingerprint density at radius 2 is 1.77 bits per heavy atom. The maximum Gasteiger partial charge on any atom is 0.403 e. The topological polar surface area (TPSA) is 43.3 Å². The van der Waals surface area contributed by atoms with Crippen LogP contribution in [0.4, 0.5) is 13.2 Å². The summed E-state index contributed by atoms with van der Waals surface area (Å²) in [6, 6.07) is 6.49. The minimum absolute atomic E-state index is 0. The molecule has 1 atom stereocenters. The van der Waals surface area contributed by atoms with Crippen LogP contribution in [0.1, 0.15) is 18.9 Å². The van der Waals surface area contributed by atoms with Crippen LogP contribution < -0.4 is 10.1 Å². The van der Waals surface area contributed by atoms with Crippen LogP contribution in [0.3, 0.4) is 0 Å². The van der Waals surface area contributed by atoms with Crippen molar-refractivity contribution in [2.45, 2.75) is 32.1 Å². The average Bonchev–Trinajstić information content (AvgIpc) is 2.72. The van der Waals surface area contributed by atoms with Gasteiger partial charge >= 0.3 is 6.18 Å². The molecular weight excluding hydrogens is 522 g/mol. The van der Waals surface area contributed by atoms with E-state index in [9.17, 15) is 13.2 Å². The van der Waals surface area contributed by atoms with Crippen molar-refractivity contribution in [1.82, 2.24) is 20.0 Å². The minimum Gasteiger partial charge on any atom is -0.494 e. The fourth-order valence-electron chi connectivity index (χ4n) is 3.32. The van der Waals surface area contributed by atoms with E-state index in [0.29, 0.717) is 45.3 Å². The molecule has 1 aromatic rings. The summed E-state index contributed by atoms with van der Waals surface area (Å²) < 4.78 is 44.5. The van der Waals surface area contributed by atoms with Crippen LogP contribution in [-0.2, 0) is 6.54 Å². The number of alkyl halides is 3. The molecule has 0 saturated carbocycles. The van der Waals surface area contributed by atoms with Crippen molar-refractivity contribution in [2.75, 3.05) is 60.5 Å². The van der Waals surface area contributed by atoms with Gasteiger partial charge in [-0.3, -0.25) is 9.89 Å². The van der Waals surface area contributed by atoms with E-state index in [-0.39, 0.29) is 24.0 Å². The Labute approximate surface area is 200 Å². The van der Waals surface area contributed by atoms with Crippen LogP contribution >= 0.6 is 24.0 Å². The van der Waals surface area contributed by atoms with Gasteiger partial charge in [0.25, 0.3) is 0 Å². The molecule has 10 heteroatoms. The lowest BCUT2D eigenvalue weighted by atomic mass is 10.2. The smallest absolute Gasteiger partial charge is 0.403 e. The SMILES string of the molecule is CN=C(NCc1ccc(OCCCN(C)C)cc1)N1CCN(C(C)C(F)(F)F)CC1.I. The third-order valence-corrected chi connectivity index (χ3v) is 5.24. The highest BCUT2D eigenvalue weighted by molar-refractivity contribution is 14.0. The zero-order chi connectivity index (χ0) is 22.1. The summed E-state index contributed by atoms with van der Waals surface area (Å²) >= 11 is 0. The lowest BCUT2D eigenvalue weighted by molar-refractivity contribution is -0.181. The third-order valence-electron chi connectivity index (χ3n) is 5.24. The van der Waals surface area contributed by atoms with E-state index in [1.165, 1.54) is 11.8 Å². The number of rotatable bonds is 8. The molecule has 0 spiro atoms. The molecule has 1 heterocycles. The lowest BCUT2D eigenvalue weighted by Crippen LogP contribution is -2.56. The van der Waals surface area contributed by atoms with Gasteiger partial charge in [-0.25, -0.2) is 0 Å². The predicted octanol–water partition coefficient (Wildman–Crippen LogP) is 3.28. The number of nitrogens with zero attached hydrogens (tertiary/aromatic N) is 4. The fourth-order valence-corrected chi connectivity index (χ4v) is 3.32. The van der Waals surface area contributed by atoms with Gasteiger partial charge in [-0.2, -0.15) is 13.2 Å². The molecule has 178 valence electrons. The molecule has 1 fully saturated rings. The molecule has 2 rings (SSSR count). The molecule has 31 heavy (non-hydrogen) atoms. The van der Waals surface area contributed by atoms with Gasteiger partial charge in [0, 0.05) is 46.3 Å². The normalized spacial score (nSPS) is 16.8. The molecule has 6 nitrogen and oxygen atoms in total. The fraction of sp³-hybridized carbons (Fsp3) is 0.667. The van der Waals surface area contributed by atoms with Gasteiger partial charge in [-0.1, -0.05) is 12.1 Å². The van der Waals surface area contributed by atoms with Gasteiger partial charge < -0.3 is 19.9 Å². The number of halogens is 4. The standard InChI is InChI=1S/C21H34F3N5O.HI/c1-17(21(22,23)24)28-11-13-29(14-12-28)20(25-2)26-16-18-6-8-19(9-7-18)30-15-5-10-27(3)4;/h6-9,17H,5,10-16H2,1-4H3,(H,25,26);1H. The molecule has 1 saturated heterocycles. The summed E-state index contributed by atoms with van der Waals surface area (Å²) in [5.41, 5.74) is 1.08. The monoisotopic (exact) mass is 557 g/mol. The van der Waals surface area contributed by atoms with Crippen LogP contribution in [-0.4, -0.2) is 93.4 Å². The lowest BCUT2D eigenvalue weighted by Gasteiger charge is -2.39. The van der Waals surface area contributed by atoms with Gasteiger partial charge in [-0.15, -0.1) is 24.0 Å². The number of hydrogen-bond donors (Lipinski definition) is 1. The van der Waals surface area contributed by atoms with E-state index in [2.05, 4.69) is 15.2 Å². The first-order chi connectivity index (χ1) is 14.2. The van der Waals surface area contributed by atoms with E-state index < -0.39 is 12.2 Å². The van der Waals surface area contributed by atoms with Crippen LogP contribution in [0, 0.1) is 0 Å². The van der Waals surface area contributed by atoms with Crippen molar-refractivity contribution in [3.63, 3.8) is 0 Å². The van der Waals surface area contributed by atoms with Gasteiger partial charge in [0.2, 0.25) is 0 Å². The first-order valence-electron chi connectivity index (χ1n) is 10.3. The van der Waals surface area contributed by atoms with Gasteiger partial charge in [-0.05, 0) is 45.1 Å². The zero-order valence-electron chi connectivity index (χ0n) is 18.8. The molecule has 0 aromatic heterocycles. The van der Waals surface area contributed by atoms with E-state index in [4.69, 9.17) is 4.74 Å². The van der Waals surface area contributed by atoms with E-state index >= 15 is 0 Å². The average molecular weight is 557 g/mol. The summed E-state index contributed by atoms with van der Waals surface area (Å²) in [5, 5.41) is 3.30. The molecule has 1 aliphatic rings. The number of benzene rings is 1. The van der Waals surface area contributed by atoms with E-state index in [1.807, 2.05) is 43.3 Å². The summed E-state index contributed by atoms with van der Waals surface area (Å²) in [4.78, 5) is 9.89. The molecule has 0 amide bonds. The molecular formula is C21H35F3IN5O. The van der Waals surface area contributed by atoms with Gasteiger partial charge in [0.05, 0.1) is 6.61 Å². The highest BCUT2D eigenvalue weighted by Crippen LogP contribution is 2.25. The highest BCUT2D eigenvalue weighted by atomic mass is 127. The second-order valence-electron chi connectivity index (χ2n) is 7.79. The van der Waals surface area contributed by atoms with Crippen molar-refractivity contribution >= 4 is 29.9 Å². The first-order valence-corrected chi connectivity index (χ1v) is 10.3. The highest BCUT2D eigenvalue weighted by Gasteiger charge is 2.41. The molecule has 1 N–H and O–H groups in total. The molecule has 0 aliphatic carbocycles. The number of hydrogen-bond acceptors (Lipinski definition) is 4. The number of guanidine groups is 1. The Hall–Kier alpha value is -1.27. The third kappa shape index (κ3) is 9.40. The molecule has 1 aromatic carbocycles. The van der Waals surface area contributed by atoms with Crippen LogP contribution in [0.15, 0.2) is 29.3 Å². The summed E-state index contributed by atoms with van der Waals surface area (Å²) in [5.74, 6) is 1.55.